The molecule has 3 rings (SSSR count). The number of carbonyl (C=O) groups excluding carboxylic acids is 2. The minimum atomic E-state index is -0.593. The van der Waals surface area contributed by atoms with Crippen LogP contribution in [0, 0.1) is 13.8 Å². The summed E-state index contributed by atoms with van der Waals surface area (Å²) in [6.45, 7) is 5.86. The highest BCUT2D eigenvalue weighted by Gasteiger charge is 2.15. The van der Waals surface area contributed by atoms with Crippen LogP contribution in [0.5, 0.6) is 17.2 Å². The fraction of sp³-hybridized carbons (Fsp3) is 0.192. The first-order valence-electron chi connectivity index (χ1n) is 10.6. The molecule has 3 aromatic rings. The Kier molecular flexibility index (Phi) is 8.65. The number of amides is 1. The lowest BCUT2D eigenvalue weighted by Crippen LogP contribution is -2.25. The molecule has 0 aliphatic carbocycles. The summed E-state index contributed by atoms with van der Waals surface area (Å²) in [5, 5.41) is 4.26. The average Bonchev–Trinajstić information content (AvgIpc) is 2.81. The van der Waals surface area contributed by atoms with Gasteiger partial charge in [0.1, 0.15) is 5.75 Å². The van der Waals surface area contributed by atoms with Crippen molar-refractivity contribution < 1.29 is 23.8 Å². The second kappa shape index (κ2) is 11.9. The Morgan fingerprint density at radius 3 is 2.41 bits per heavy atom. The number of nitrogens with zero attached hydrogens (tertiary/aromatic N) is 1. The monoisotopic (exact) mass is 480 g/mol. The quantitative estimate of drug-likeness (QED) is 0.199. The summed E-state index contributed by atoms with van der Waals surface area (Å²) in [5.41, 5.74) is 5.23. The van der Waals surface area contributed by atoms with Gasteiger partial charge in [0, 0.05) is 0 Å². The van der Waals surface area contributed by atoms with Crippen molar-refractivity contribution in [2.45, 2.75) is 20.8 Å². The Labute approximate surface area is 203 Å². The minimum Gasteiger partial charge on any atom is -0.490 e. The van der Waals surface area contributed by atoms with E-state index >= 15 is 0 Å². The third kappa shape index (κ3) is 6.59. The van der Waals surface area contributed by atoms with E-state index < -0.39 is 11.9 Å². The number of rotatable bonds is 9. The van der Waals surface area contributed by atoms with Gasteiger partial charge in [0.25, 0.3) is 5.91 Å². The van der Waals surface area contributed by atoms with Crippen LogP contribution in [0.3, 0.4) is 0 Å². The van der Waals surface area contributed by atoms with Crippen molar-refractivity contribution in [2.24, 2.45) is 5.10 Å². The van der Waals surface area contributed by atoms with Crippen LogP contribution >= 0.6 is 11.6 Å². The molecule has 0 fully saturated rings. The number of carbonyl (C=O) groups is 2. The van der Waals surface area contributed by atoms with Gasteiger partial charge in [-0.3, -0.25) is 4.79 Å². The van der Waals surface area contributed by atoms with Crippen LogP contribution in [0.2, 0.25) is 5.02 Å². The predicted octanol–water partition coefficient (Wildman–Crippen LogP) is 5.10. The van der Waals surface area contributed by atoms with Gasteiger partial charge in [0.05, 0.1) is 23.4 Å². The van der Waals surface area contributed by atoms with Crippen LogP contribution in [0.1, 0.15) is 34.0 Å². The molecule has 0 saturated carbocycles. The number of para-hydroxylation sites is 1. The van der Waals surface area contributed by atoms with Crippen LogP contribution in [0.15, 0.2) is 65.8 Å². The number of hydrogen-bond acceptors (Lipinski definition) is 6. The van der Waals surface area contributed by atoms with E-state index in [2.05, 4.69) is 10.5 Å². The van der Waals surface area contributed by atoms with E-state index in [0.29, 0.717) is 28.7 Å². The highest BCUT2D eigenvalue weighted by molar-refractivity contribution is 6.33. The van der Waals surface area contributed by atoms with E-state index in [9.17, 15) is 9.59 Å². The maximum absolute atomic E-state index is 12.5. The number of ether oxygens (including phenoxy) is 3. The Morgan fingerprint density at radius 1 is 0.971 bits per heavy atom. The standard InChI is InChI=1S/C26H25ClN2O5/c1-4-32-23-14-19(12-13-22(23)34-26(31)20-10-5-6-11-21(20)27)15-28-29-24(30)16-33-25-17(2)8-7-9-18(25)3/h5-15H,4,16H2,1-3H3,(H,29,30)/b28-15+. The SMILES string of the molecule is CCOc1cc(/C=N/NC(=O)COc2c(C)cccc2C)ccc1OC(=O)c1ccccc1Cl. The molecule has 1 amide bonds. The van der Waals surface area contributed by atoms with E-state index in [1.807, 2.05) is 39.0 Å². The molecule has 0 atom stereocenters. The summed E-state index contributed by atoms with van der Waals surface area (Å²) in [5.74, 6) is 0.301. The van der Waals surface area contributed by atoms with Crippen molar-refractivity contribution in [2.75, 3.05) is 13.2 Å². The molecule has 34 heavy (non-hydrogen) atoms. The molecule has 0 aromatic heterocycles. The average molecular weight is 481 g/mol. The van der Waals surface area contributed by atoms with Crippen LogP contribution in [-0.4, -0.2) is 31.3 Å². The van der Waals surface area contributed by atoms with E-state index in [4.69, 9.17) is 25.8 Å². The zero-order valence-electron chi connectivity index (χ0n) is 19.1. The van der Waals surface area contributed by atoms with Crippen molar-refractivity contribution in [1.29, 1.82) is 0 Å². The molecule has 176 valence electrons. The van der Waals surface area contributed by atoms with Gasteiger partial charge in [-0.25, -0.2) is 10.2 Å². The van der Waals surface area contributed by atoms with Gasteiger partial charge in [-0.05, 0) is 67.8 Å². The van der Waals surface area contributed by atoms with Crippen LogP contribution in [0.4, 0.5) is 0 Å². The van der Waals surface area contributed by atoms with Gasteiger partial charge >= 0.3 is 5.97 Å². The first-order chi connectivity index (χ1) is 16.4. The highest BCUT2D eigenvalue weighted by Crippen LogP contribution is 2.29. The van der Waals surface area contributed by atoms with Crippen molar-refractivity contribution in [3.05, 3.63) is 87.9 Å². The number of aryl methyl sites for hydroxylation is 2. The van der Waals surface area contributed by atoms with Gasteiger partial charge in [-0.2, -0.15) is 5.10 Å². The van der Waals surface area contributed by atoms with E-state index in [1.54, 1.807) is 42.5 Å². The molecule has 0 aliphatic rings. The molecule has 0 spiro atoms. The third-order valence-corrected chi connectivity index (χ3v) is 5.05. The summed E-state index contributed by atoms with van der Waals surface area (Å²) in [4.78, 5) is 24.6. The number of esters is 1. The fourth-order valence-corrected chi connectivity index (χ4v) is 3.33. The van der Waals surface area contributed by atoms with Crippen molar-refractivity contribution in [3.63, 3.8) is 0 Å². The number of halogens is 1. The topological polar surface area (TPSA) is 86.2 Å². The third-order valence-electron chi connectivity index (χ3n) is 4.72. The second-order valence-electron chi connectivity index (χ2n) is 7.31. The van der Waals surface area contributed by atoms with Crippen molar-refractivity contribution >= 4 is 29.7 Å². The molecule has 0 radical (unpaired) electrons. The zero-order chi connectivity index (χ0) is 24.5. The van der Waals surface area contributed by atoms with Gasteiger partial charge in [0.2, 0.25) is 0 Å². The van der Waals surface area contributed by atoms with Crippen molar-refractivity contribution in [1.82, 2.24) is 5.43 Å². The lowest BCUT2D eigenvalue weighted by molar-refractivity contribution is -0.123. The van der Waals surface area contributed by atoms with Gasteiger partial charge in [-0.1, -0.05) is 41.9 Å². The minimum absolute atomic E-state index is 0.163. The van der Waals surface area contributed by atoms with Crippen molar-refractivity contribution in [3.8, 4) is 17.2 Å². The van der Waals surface area contributed by atoms with Gasteiger partial charge < -0.3 is 14.2 Å². The van der Waals surface area contributed by atoms with E-state index in [1.165, 1.54) is 6.21 Å². The van der Waals surface area contributed by atoms with Crippen LogP contribution < -0.4 is 19.6 Å². The van der Waals surface area contributed by atoms with E-state index in [0.717, 1.165) is 11.1 Å². The van der Waals surface area contributed by atoms with Crippen LogP contribution in [0.25, 0.3) is 0 Å². The maximum atomic E-state index is 12.5. The molecule has 0 unspecified atom stereocenters. The lowest BCUT2D eigenvalue weighted by Gasteiger charge is -2.12. The summed E-state index contributed by atoms with van der Waals surface area (Å²) < 4.78 is 16.7. The summed E-state index contributed by atoms with van der Waals surface area (Å²) >= 11 is 6.07. The first-order valence-corrected chi connectivity index (χ1v) is 11.0. The lowest BCUT2D eigenvalue weighted by atomic mass is 10.1. The number of benzene rings is 3. The van der Waals surface area contributed by atoms with E-state index in [-0.39, 0.29) is 17.9 Å². The number of hydrazone groups is 1. The Bertz CT molecular complexity index is 1190. The normalized spacial score (nSPS) is 10.7. The van der Waals surface area contributed by atoms with Crippen LogP contribution in [-0.2, 0) is 4.79 Å². The molecular formula is C26H25ClN2O5. The molecular weight excluding hydrogens is 456 g/mol. The van der Waals surface area contributed by atoms with Gasteiger partial charge in [0.15, 0.2) is 18.1 Å². The highest BCUT2D eigenvalue weighted by atomic mass is 35.5. The summed E-state index contributed by atoms with van der Waals surface area (Å²) in [6, 6.07) is 17.3. The molecule has 0 bridgehead atoms. The second-order valence-corrected chi connectivity index (χ2v) is 7.72. The Hall–Kier alpha value is -3.84. The summed E-state index contributed by atoms with van der Waals surface area (Å²) in [7, 11) is 0. The number of hydrogen-bond donors (Lipinski definition) is 1. The molecule has 7 nitrogen and oxygen atoms in total. The smallest absolute Gasteiger partial charge is 0.345 e. The molecule has 3 aromatic carbocycles. The van der Waals surface area contributed by atoms with Gasteiger partial charge in [-0.15, -0.1) is 0 Å². The Balaban J connectivity index is 1.62. The predicted molar refractivity (Wildman–Crippen MR) is 131 cm³/mol. The first kappa shape index (κ1) is 24.8. The fourth-order valence-electron chi connectivity index (χ4n) is 3.11. The molecule has 0 aliphatic heterocycles. The molecule has 0 saturated heterocycles. The zero-order valence-corrected chi connectivity index (χ0v) is 19.9. The maximum Gasteiger partial charge on any atom is 0.345 e. The Morgan fingerprint density at radius 2 is 1.71 bits per heavy atom. The summed E-state index contributed by atoms with van der Waals surface area (Å²) in [6.07, 6.45) is 1.46. The molecule has 8 heteroatoms. The molecule has 1 N–H and O–H groups in total. The number of nitrogens with one attached hydrogen (secondary N) is 1. The molecule has 0 heterocycles. The largest absolute Gasteiger partial charge is 0.490 e.